The monoisotopic (exact) mass is 298 g/mol. The van der Waals surface area contributed by atoms with Crippen LogP contribution in [0.2, 0.25) is 0 Å². The average Bonchev–Trinajstić information content (AvgIpc) is 2.13. The van der Waals surface area contributed by atoms with Crippen molar-refractivity contribution in [2.24, 2.45) is 0 Å². The Morgan fingerprint density at radius 2 is 1.92 bits per heavy atom. The first-order valence-corrected chi connectivity index (χ1v) is 4.99. The Bertz CT molecular complexity index is 242. The van der Waals surface area contributed by atoms with Gasteiger partial charge in [0.05, 0.1) is 0 Å². The van der Waals surface area contributed by atoms with Gasteiger partial charge in [0.2, 0.25) is 3.36 Å². The van der Waals surface area contributed by atoms with Gasteiger partial charge in [0.1, 0.15) is 0 Å². The molecule has 0 saturated carbocycles. The standard InChI is InChI=1S/C6H8Br2N2O2/c1-3-10-5(12)9(2)4(11)6(10,7)8/h3H2,1-2H3. The lowest BCUT2D eigenvalue weighted by Crippen LogP contribution is -2.38. The van der Waals surface area contributed by atoms with Gasteiger partial charge in [0.25, 0.3) is 5.91 Å². The Morgan fingerprint density at radius 3 is 2.08 bits per heavy atom. The molecular weight excluding hydrogens is 292 g/mol. The van der Waals surface area contributed by atoms with Gasteiger partial charge < -0.3 is 0 Å². The quantitative estimate of drug-likeness (QED) is 0.416. The van der Waals surface area contributed by atoms with E-state index >= 15 is 0 Å². The zero-order valence-corrected chi connectivity index (χ0v) is 9.85. The molecular formula is C6H8Br2N2O2. The normalized spacial score (nSPS) is 22.3. The van der Waals surface area contributed by atoms with E-state index in [1.807, 2.05) is 6.92 Å². The summed E-state index contributed by atoms with van der Waals surface area (Å²) < 4.78 is -1.04. The first-order valence-electron chi connectivity index (χ1n) is 3.40. The second-order valence-corrected chi connectivity index (χ2v) is 5.79. The summed E-state index contributed by atoms with van der Waals surface area (Å²) in [6.07, 6.45) is 0. The molecule has 0 atom stereocenters. The minimum absolute atomic E-state index is 0.295. The van der Waals surface area contributed by atoms with Crippen molar-refractivity contribution >= 4 is 43.8 Å². The molecule has 1 rings (SSSR count). The van der Waals surface area contributed by atoms with Crippen LogP contribution in [0.3, 0.4) is 0 Å². The molecule has 0 bridgehead atoms. The molecule has 0 N–H and O–H groups in total. The van der Waals surface area contributed by atoms with Crippen LogP contribution >= 0.6 is 31.9 Å². The van der Waals surface area contributed by atoms with E-state index in [1.54, 1.807) is 0 Å². The Morgan fingerprint density at radius 1 is 1.42 bits per heavy atom. The Kier molecular flexibility index (Phi) is 2.49. The molecule has 0 aromatic rings. The Hall–Kier alpha value is -0.100. The minimum atomic E-state index is -1.04. The number of urea groups is 1. The van der Waals surface area contributed by atoms with E-state index in [9.17, 15) is 9.59 Å². The van der Waals surface area contributed by atoms with E-state index in [0.717, 1.165) is 4.90 Å². The molecule has 12 heavy (non-hydrogen) atoms. The summed E-state index contributed by atoms with van der Waals surface area (Å²) in [5, 5.41) is 0. The molecule has 3 amide bonds. The minimum Gasteiger partial charge on any atom is -0.292 e. The van der Waals surface area contributed by atoms with E-state index in [0.29, 0.717) is 6.54 Å². The number of carbonyl (C=O) groups excluding carboxylic acids is 2. The highest BCUT2D eigenvalue weighted by atomic mass is 79.9. The number of carbonyl (C=O) groups is 2. The van der Waals surface area contributed by atoms with Crippen LogP contribution in [0, 0.1) is 0 Å². The van der Waals surface area contributed by atoms with Gasteiger partial charge in [-0.15, -0.1) is 0 Å². The highest BCUT2D eigenvalue weighted by Gasteiger charge is 2.52. The van der Waals surface area contributed by atoms with Crippen LogP contribution < -0.4 is 0 Å². The largest absolute Gasteiger partial charge is 0.328 e. The third-order valence-corrected chi connectivity index (χ3v) is 3.27. The van der Waals surface area contributed by atoms with E-state index in [2.05, 4.69) is 31.9 Å². The fourth-order valence-electron chi connectivity index (χ4n) is 1.04. The van der Waals surface area contributed by atoms with Gasteiger partial charge in [-0.3, -0.25) is 14.6 Å². The van der Waals surface area contributed by atoms with Gasteiger partial charge in [-0.25, -0.2) is 4.79 Å². The van der Waals surface area contributed by atoms with Gasteiger partial charge in [0, 0.05) is 13.6 Å². The fourth-order valence-corrected chi connectivity index (χ4v) is 2.38. The topological polar surface area (TPSA) is 40.6 Å². The lowest BCUT2D eigenvalue weighted by atomic mass is 10.5. The zero-order chi connectivity index (χ0) is 9.52. The maximum atomic E-state index is 11.4. The van der Waals surface area contributed by atoms with Gasteiger partial charge in [0.15, 0.2) is 0 Å². The summed E-state index contributed by atoms with van der Waals surface area (Å²) in [4.78, 5) is 25.2. The highest BCUT2D eigenvalue weighted by Crippen LogP contribution is 2.38. The summed E-state index contributed by atoms with van der Waals surface area (Å²) in [6, 6.07) is -0.295. The molecule has 6 heteroatoms. The molecule has 0 aliphatic carbocycles. The third-order valence-electron chi connectivity index (χ3n) is 1.74. The number of hydrogen-bond donors (Lipinski definition) is 0. The molecule has 0 unspecified atom stereocenters. The van der Waals surface area contributed by atoms with E-state index in [4.69, 9.17) is 0 Å². The van der Waals surface area contributed by atoms with Crippen molar-refractivity contribution in [3.05, 3.63) is 0 Å². The summed E-state index contributed by atoms with van der Waals surface area (Å²) >= 11 is 6.29. The summed E-state index contributed by atoms with van der Waals surface area (Å²) in [6.45, 7) is 2.28. The smallest absolute Gasteiger partial charge is 0.292 e. The maximum Gasteiger partial charge on any atom is 0.328 e. The van der Waals surface area contributed by atoms with Crippen molar-refractivity contribution in [2.45, 2.75) is 10.3 Å². The highest BCUT2D eigenvalue weighted by molar-refractivity contribution is 9.25. The van der Waals surface area contributed by atoms with Crippen LogP contribution in [-0.4, -0.2) is 38.7 Å². The van der Waals surface area contributed by atoms with Crippen LogP contribution in [0.15, 0.2) is 0 Å². The van der Waals surface area contributed by atoms with Crippen LogP contribution in [0.1, 0.15) is 6.92 Å². The van der Waals surface area contributed by atoms with Crippen molar-refractivity contribution in [3.63, 3.8) is 0 Å². The summed E-state index contributed by atoms with van der Waals surface area (Å²) in [5.74, 6) is -0.297. The molecule has 1 aliphatic rings. The van der Waals surface area contributed by atoms with Crippen molar-refractivity contribution in [1.29, 1.82) is 0 Å². The van der Waals surface area contributed by atoms with Crippen molar-refractivity contribution < 1.29 is 9.59 Å². The summed E-state index contributed by atoms with van der Waals surface area (Å²) in [7, 11) is 1.46. The molecule has 1 heterocycles. The van der Waals surface area contributed by atoms with Gasteiger partial charge in [-0.1, -0.05) is 0 Å². The molecule has 68 valence electrons. The van der Waals surface area contributed by atoms with Crippen molar-refractivity contribution in [2.75, 3.05) is 13.6 Å². The molecule has 0 spiro atoms. The molecule has 0 aromatic heterocycles. The number of halogens is 2. The molecule has 1 saturated heterocycles. The number of nitrogens with zero attached hydrogens (tertiary/aromatic N) is 2. The SMILES string of the molecule is CCN1C(=O)N(C)C(=O)C1(Br)Br. The van der Waals surface area contributed by atoms with Gasteiger partial charge >= 0.3 is 6.03 Å². The second-order valence-electron chi connectivity index (χ2n) is 2.43. The maximum absolute atomic E-state index is 11.4. The third kappa shape index (κ3) is 1.17. The molecule has 1 aliphatic heterocycles. The Labute approximate surface area is 87.1 Å². The predicted molar refractivity (Wildman–Crippen MR) is 51.1 cm³/mol. The van der Waals surface area contributed by atoms with Crippen molar-refractivity contribution in [3.8, 4) is 0 Å². The van der Waals surface area contributed by atoms with E-state index < -0.39 is 3.36 Å². The average molecular weight is 300 g/mol. The summed E-state index contributed by atoms with van der Waals surface area (Å²) in [5.41, 5.74) is 0. The fraction of sp³-hybridized carbons (Fsp3) is 0.667. The van der Waals surface area contributed by atoms with Crippen molar-refractivity contribution in [1.82, 2.24) is 9.80 Å². The van der Waals surface area contributed by atoms with E-state index in [1.165, 1.54) is 11.9 Å². The second kappa shape index (κ2) is 2.99. The van der Waals surface area contributed by atoms with Crippen LogP contribution in [-0.2, 0) is 4.79 Å². The molecule has 1 fully saturated rings. The number of alkyl halides is 2. The molecule has 0 aromatic carbocycles. The zero-order valence-electron chi connectivity index (χ0n) is 6.67. The number of hydrogen-bond acceptors (Lipinski definition) is 2. The lowest BCUT2D eigenvalue weighted by Gasteiger charge is -2.21. The first kappa shape index (κ1) is 9.98. The van der Waals surface area contributed by atoms with Crippen LogP contribution in [0.25, 0.3) is 0 Å². The first-order chi connectivity index (χ1) is 5.42. The number of amides is 3. The lowest BCUT2D eigenvalue weighted by molar-refractivity contribution is -0.125. The van der Waals surface area contributed by atoms with Crippen LogP contribution in [0.5, 0.6) is 0 Å². The number of likely N-dealkylation sites (N-methyl/N-ethyl adjacent to an activating group) is 2. The number of imide groups is 1. The van der Waals surface area contributed by atoms with E-state index in [-0.39, 0.29) is 11.9 Å². The predicted octanol–water partition coefficient (Wildman–Crippen LogP) is 1.34. The van der Waals surface area contributed by atoms with Gasteiger partial charge in [-0.05, 0) is 38.8 Å². The molecule has 0 radical (unpaired) electrons. The van der Waals surface area contributed by atoms with Crippen LogP contribution in [0.4, 0.5) is 4.79 Å². The van der Waals surface area contributed by atoms with Gasteiger partial charge in [-0.2, -0.15) is 0 Å². The molecule has 4 nitrogen and oxygen atoms in total. The number of rotatable bonds is 1. The Balaban J connectivity index is 3.04.